The highest BCUT2D eigenvalue weighted by Gasteiger charge is 2.25. The number of aryl methyl sites for hydroxylation is 1. The third kappa shape index (κ3) is 2.73. The molecule has 1 aromatic carbocycles. The van der Waals surface area contributed by atoms with Crippen molar-refractivity contribution in [2.75, 3.05) is 0 Å². The molecule has 0 heterocycles. The van der Waals surface area contributed by atoms with Crippen molar-refractivity contribution in [2.24, 2.45) is 5.92 Å². The first kappa shape index (κ1) is 13.1. The van der Waals surface area contributed by atoms with Crippen molar-refractivity contribution in [3.8, 4) is 0 Å². The summed E-state index contributed by atoms with van der Waals surface area (Å²) >= 11 is 11.2. The van der Waals surface area contributed by atoms with Gasteiger partial charge in [-0.2, -0.15) is 0 Å². The van der Waals surface area contributed by atoms with E-state index in [4.69, 9.17) is 0 Å². The first-order valence-electron chi connectivity index (χ1n) is 5.69. The van der Waals surface area contributed by atoms with Crippen molar-refractivity contribution < 1.29 is 0 Å². The molecule has 0 N–H and O–H groups in total. The van der Waals surface area contributed by atoms with Gasteiger partial charge in [0.05, 0.1) is 0 Å². The number of halogens is 3. The van der Waals surface area contributed by atoms with Crippen molar-refractivity contribution in [1.29, 1.82) is 0 Å². The lowest BCUT2D eigenvalue weighted by Gasteiger charge is -2.19. The van der Waals surface area contributed by atoms with Crippen LogP contribution < -0.4 is 0 Å². The summed E-state index contributed by atoms with van der Waals surface area (Å²) in [5.41, 5.74) is 2.66. The summed E-state index contributed by atoms with van der Waals surface area (Å²) in [5, 5.41) is 0. The first-order valence-corrected chi connectivity index (χ1v) is 8.19. The third-order valence-electron chi connectivity index (χ3n) is 3.39. The molecule has 0 bridgehead atoms. The van der Waals surface area contributed by atoms with Gasteiger partial charge in [-0.25, -0.2) is 0 Å². The van der Waals surface area contributed by atoms with E-state index in [1.165, 1.54) is 45.8 Å². The molecule has 0 radical (unpaired) electrons. The lowest BCUT2D eigenvalue weighted by atomic mass is 9.97. The van der Waals surface area contributed by atoms with Gasteiger partial charge in [-0.15, -0.1) is 0 Å². The molecule has 0 spiro atoms. The Morgan fingerprint density at radius 3 is 2.38 bits per heavy atom. The van der Waals surface area contributed by atoms with Crippen LogP contribution in [0.2, 0.25) is 0 Å². The topological polar surface area (TPSA) is 0 Å². The predicted octanol–water partition coefficient (Wildman–Crippen LogP) is 6.15. The summed E-state index contributed by atoms with van der Waals surface area (Å²) in [5.74, 6) is 0.797. The molecule has 1 aromatic rings. The van der Waals surface area contributed by atoms with Gasteiger partial charge in [-0.05, 0) is 48.9 Å². The average Bonchev–Trinajstić information content (AvgIpc) is 2.75. The number of hydrogen-bond acceptors (Lipinski definition) is 0. The first-order chi connectivity index (χ1) is 7.59. The van der Waals surface area contributed by atoms with Crippen LogP contribution in [0.3, 0.4) is 0 Å². The van der Waals surface area contributed by atoms with Crippen molar-refractivity contribution in [2.45, 2.75) is 37.4 Å². The molecule has 1 atom stereocenters. The highest BCUT2D eigenvalue weighted by molar-refractivity contribution is 9.11. The Bertz CT molecular complexity index is 381. The van der Waals surface area contributed by atoms with Gasteiger partial charge in [0.25, 0.3) is 0 Å². The van der Waals surface area contributed by atoms with Crippen molar-refractivity contribution in [1.82, 2.24) is 0 Å². The van der Waals surface area contributed by atoms with Gasteiger partial charge in [-0.3, -0.25) is 0 Å². The van der Waals surface area contributed by atoms with Crippen LogP contribution in [0.15, 0.2) is 21.1 Å². The minimum Gasteiger partial charge on any atom is -0.0835 e. The zero-order valence-electron chi connectivity index (χ0n) is 9.27. The molecule has 2 rings (SSSR count). The van der Waals surface area contributed by atoms with Gasteiger partial charge in [0.2, 0.25) is 0 Å². The molecule has 16 heavy (non-hydrogen) atoms. The van der Waals surface area contributed by atoms with Gasteiger partial charge in [0.15, 0.2) is 0 Å². The molecule has 0 aromatic heterocycles. The molecule has 3 heteroatoms. The Labute approximate surface area is 123 Å². The normalized spacial score (nSPS) is 19.0. The summed E-state index contributed by atoms with van der Waals surface area (Å²) in [4.78, 5) is 0.487. The van der Waals surface area contributed by atoms with E-state index in [1.54, 1.807) is 0 Å². The Hall–Kier alpha value is 0.660. The fourth-order valence-electron chi connectivity index (χ4n) is 2.38. The van der Waals surface area contributed by atoms with E-state index in [2.05, 4.69) is 66.8 Å². The van der Waals surface area contributed by atoms with Crippen molar-refractivity contribution in [3.05, 3.63) is 32.2 Å². The standard InChI is InChI=1S/C13H15Br3/c1-8-6-12(15)10(7-11(8)14)13(16)9-4-2-3-5-9/h6-7,9,13H,2-5H2,1H3. The quantitative estimate of drug-likeness (QED) is 0.513. The summed E-state index contributed by atoms with van der Waals surface area (Å²) < 4.78 is 2.43. The van der Waals surface area contributed by atoms with Gasteiger partial charge in [0, 0.05) is 13.8 Å². The van der Waals surface area contributed by atoms with E-state index in [0.717, 1.165) is 5.92 Å². The molecule has 0 nitrogen and oxygen atoms in total. The largest absolute Gasteiger partial charge is 0.0835 e. The molecular formula is C13H15Br3. The van der Waals surface area contributed by atoms with E-state index in [0.29, 0.717) is 4.83 Å². The fraction of sp³-hybridized carbons (Fsp3) is 0.538. The van der Waals surface area contributed by atoms with E-state index >= 15 is 0 Å². The summed E-state index contributed by atoms with van der Waals surface area (Å²) in [6, 6.07) is 4.44. The maximum absolute atomic E-state index is 3.87. The van der Waals surface area contributed by atoms with Gasteiger partial charge >= 0.3 is 0 Å². The minimum atomic E-state index is 0.487. The van der Waals surface area contributed by atoms with Crippen LogP contribution in [0.25, 0.3) is 0 Å². The predicted molar refractivity (Wildman–Crippen MR) is 80.2 cm³/mol. The molecule has 1 fully saturated rings. The van der Waals surface area contributed by atoms with Crippen LogP contribution in [0.4, 0.5) is 0 Å². The molecule has 1 saturated carbocycles. The molecular weight excluding hydrogens is 396 g/mol. The molecule has 1 aliphatic rings. The second-order valence-electron chi connectivity index (χ2n) is 4.57. The molecule has 1 aliphatic carbocycles. The lowest BCUT2D eigenvalue weighted by Crippen LogP contribution is -2.04. The lowest BCUT2D eigenvalue weighted by molar-refractivity contribution is 0.540. The molecule has 0 saturated heterocycles. The maximum atomic E-state index is 3.87. The van der Waals surface area contributed by atoms with E-state index in [1.807, 2.05) is 0 Å². The van der Waals surface area contributed by atoms with Crippen LogP contribution in [0.1, 0.15) is 41.6 Å². The minimum absolute atomic E-state index is 0.487. The zero-order chi connectivity index (χ0) is 11.7. The molecule has 0 amide bonds. The van der Waals surface area contributed by atoms with E-state index in [-0.39, 0.29) is 0 Å². The second kappa shape index (κ2) is 5.53. The van der Waals surface area contributed by atoms with Crippen molar-refractivity contribution in [3.63, 3.8) is 0 Å². The van der Waals surface area contributed by atoms with Gasteiger partial charge < -0.3 is 0 Å². The number of benzene rings is 1. The van der Waals surface area contributed by atoms with Crippen LogP contribution in [0, 0.1) is 12.8 Å². The molecule has 88 valence electrons. The summed E-state index contributed by atoms with van der Waals surface area (Å²) in [6.45, 7) is 2.12. The Morgan fingerprint density at radius 1 is 1.12 bits per heavy atom. The Kier molecular flexibility index (Phi) is 4.53. The molecule has 1 unspecified atom stereocenters. The number of alkyl halides is 1. The van der Waals surface area contributed by atoms with E-state index < -0.39 is 0 Å². The van der Waals surface area contributed by atoms with E-state index in [9.17, 15) is 0 Å². The highest BCUT2D eigenvalue weighted by atomic mass is 79.9. The van der Waals surface area contributed by atoms with Crippen LogP contribution in [-0.4, -0.2) is 0 Å². The van der Waals surface area contributed by atoms with Gasteiger partial charge in [-0.1, -0.05) is 60.6 Å². The fourth-order valence-corrected chi connectivity index (χ4v) is 4.66. The van der Waals surface area contributed by atoms with Crippen LogP contribution in [-0.2, 0) is 0 Å². The van der Waals surface area contributed by atoms with Crippen molar-refractivity contribution >= 4 is 47.8 Å². The smallest absolute Gasteiger partial charge is 0.0435 e. The summed E-state index contributed by atoms with van der Waals surface area (Å²) in [7, 11) is 0. The van der Waals surface area contributed by atoms with Crippen LogP contribution >= 0.6 is 47.8 Å². The van der Waals surface area contributed by atoms with Gasteiger partial charge in [0.1, 0.15) is 0 Å². The average molecular weight is 411 g/mol. The number of rotatable bonds is 2. The monoisotopic (exact) mass is 408 g/mol. The zero-order valence-corrected chi connectivity index (χ0v) is 14.0. The summed E-state index contributed by atoms with van der Waals surface area (Å²) in [6.07, 6.45) is 5.48. The second-order valence-corrected chi connectivity index (χ2v) is 7.26. The maximum Gasteiger partial charge on any atom is 0.0435 e. The third-order valence-corrected chi connectivity index (χ3v) is 6.17. The Balaban J connectivity index is 2.28. The Morgan fingerprint density at radius 2 is 1.75 bits per heavy atom. The SMILES string of the molecule is Cc1cc(Br)c(C(Br)C2CCCC2)cc1Br. The van der Waals surface area contributed by atoms with Crippen LogP contribution in [0.5, 0.6) is 0 Å². The highest BCUT2D eigenvalue weighted by Crippen LogP contribution is 2.44. The number of hydrogen-bond donors (Lipinski definition) is 0. The molecule has 0 aliphatic heterocycles.